The molecule has 0 saturated carbocycles. The van der Waals surface area contributed by atoms with Gasteiger partial charge in [0, 0.05) is 24.0 Å². The number of carbonyl (C=O) groups is 6. The highest BCUT2D eigenvalue weighted by Gasteiger charge is 2.34. The maximum absolute atomic E-state index is 14.0. The van der Waals surface area contributed by atoms with E-state index in [9.17, 15) is 37.2 Å². The lowest BCUT2D eigenvalue weighted by molar-refractivity contribution is -0.151. The van der Waals surface area contributed by atoms with Crippen molar-refractivity contribution >= 4 is 45.3 Å². The Kier molecular flexibility index (Phi) is 17.7. The number of ether oxygens (including phenoxy) is 3. The average molecular weight is 729 g/mol. The molecule has 0 spiro atoms. The van der Waals surface area contributed by atoms with Gasteiger partial charge in [-0.15, -0.1) is 0 Å². The van der Waals surface area contributed by atoms with E-state index < -0.39 is 88.0 Å². The number of esters is 3. The van der Waals surface area contributed by atoms with Gasteiger partial charge in [0.15, 0.2) is 15.6 Å². The maximum Gasteiger partial charge on any atom is 0.308 e. The number of benzene rings is 2. The first-order valence-corrected chi connectivity index (χ1v) is 18.7. The Morgan fingerprint density at radius 1 is 0.706 bits per heavy atom. The number of sulfone groups is 1. The van der Waals surface area contributed by atoms with Crippen molar-refractivity contribution in [3.8, 4) is 0 Å². The molecule has 0 aliphatic heterocycles. The van der Waals surface area contributed by atoms with Crippen molar-refractivity contribution in [2.45, 2.75) is 72.1 Å². The van der Waals surface area contributed by atoms with E-state index in [1.54, 1.807) is 82.3 Å². The van der Waals surface area contributed by atoms with Gasteiger partial charge in [-0.25, -0.2) is 8.42 Å². The molecule has 14 heteroatoms. The highest BCUT2D eigenvalue weighted by atomic mass is 32.2. The SMILES string of the molecule is CCOC(=O)C[C@H](CC(=O)OCc1ccccc1)C(=O)N[C@H](C(=O)C[C@H](C(=O)N[C@H](/C=C/S(C)(=O)=O)CC(=O)OCC)C(C)C)c1ccccc1. The third-order valence-electron chi connectivity index (χ3n) is 7.63. The molecule has 2 aromatic rings. The summed E-state index contributed by atoms with van der Waals surface area (Å²) in [5.74, 6) is -6.64. The molecule has 0 fully saturated rings. The van der Waals surface area contributed by atoms with Gasteiger partial charge >= 0.3 is 17.9 Å². The van der Waals surface area contributed by atoms with Gasteiger partial charge in [0.1, 0.15) is 12.6 Å². The molecule has 2 aromatic carbocycles. The van der Waals surface area contributed by atoms with Gasteiger partial charge in [0.25, 0.3) is 0 Å². The number of rotatable bonds is 21. The van der Waals surface area contributed by atoms with E-state index >= 15 is 0 Å². The molecule has 0 aliphatic carbocycles. The summed E-state index contributed by atoms with van der Waals surface area (Å²) >= 11 is 0. The second kappa shape index (κ2) is 21.4. The molecule has 0 aliphatic rings. The number of amides is 2. The predicted octanol–water partition coefficient (Wildman–Crippen LogP) is 3.77. The highest BCUT2D eigenvalue weighted by molar-refractivity contribution is 7.93. The zero-order valence-electron chi connectivity index (χ0n) is 29.7. The predicted molar refractivity (Wildman–Crippen MR) is 188 cm³/mol. The summed E-state index contributed by atoms with van der Waals surface area (Å²) in [6.45, 7) is 6.75. The Labute approximate surface area is 299 Å². The van der Waals surface area contributed by atoms with Gasteiger partial charge in [-0.1, -0.05) is 80.6 Å². The van der Waals surface area contributed by atoms with E-state index in [2.05, 4.69) is 10.6 Å². The van der Waals surface area contributed by atoms with Crippen LogP contribution in [0.15, 0.2) is 72.1 Å². The van der Waals surface area contributed by atoms with E-state index in [0.717, 1.165) is 17.2 Å². The molecule has 0 saturated heterocycles. The zero-order chi connectivity index (χ0) is 38.0. The van der Waals surface area contributed by atoms with Crippen LogP contribution in [0.25, 0.3) is 0 Å². The largest absolute Gasteiger partial charge is 0.466 e. The minimum absolute atomic E-state index is 0.0398. The molecule has 2 N–H and O–H groups in total. The molecule has 4 atom stereocenters. The van der Waals surface area contributed by atoms with Crippen LogP contribution in [0.5, 0.6) is 0 Å². The van der Waals surface area contributed by atoms with Crippen LogP contribution in [-0.2, 0) is 59.4 Å². The van der Waals surface area contributed by atoms with Crippen LogP contribution in [0.4, 0.5) is 0 Å². The molecule has 2 rings (SSSR count). The second-order valence-electron chi connectivity index (χ2n) is 12.2. The number of hydrogen-bond acceptors (Lipinski definition) is 11. The second-order valence-corrected chi connectivity index (χ2v) is 14.1. The lowest BCUT2D eigenvalue weighted by atomic mass is 9.86. The Hall–Kier alpha value is -4.85. The molecule has 2 amide bonds. The Bertz CT molecular complexity index is 1610. The number of ketones is 1. The number of nitrogens with one attached hydrogen (secondary N) is 2. The smallest absolute Gasteiger partial charge is 0.308 e. The first-order chi connectivity index (χ1) is 24.1. The molecule has 0 aromatic heterocycles. The van der Waals surface area contributed by atoms with Gasteiger partial charge in [-0.2, -0.15) is 0 Å². The summed E-state index contributed by atoms with van der Waals surface area (Å²) in [6.07, 6.45) is 0.522. The van der Waals surface area contributed by atoms with Gasteiger partial charge < -0.3 is 24.8 Å². The number of hydrogen-bond donors (Lipinski definition) is 2. The van der Waals surface area contributed by atoms with Crippen LogP contribution in [0.3, 0.4) is 0 Å². The summed E-state index contributed by atoms with van der Waals surface area (Å²) < 4.78 is 38.9. The Morgan fingerprint density at radius 2 is 1.24 bits per heavy atom. The van der Waals surface area contributed by atoms with Crippen molar-refractivity contribution in [3.63, 3.8) is 0 Å². The summed E-state index contributed by atoms with van der Waals surface area (Å²) in [6, 6.07) is 14.9. The molecule has 278 valence electrons. The molecular weight excluding hydrogens is 680 g/mol. The van der Waals surface area contributed by atoms with Gasteiger partial charge in [-0.05, 0) is 30.9 Å². The third-order valence-corrected chi connectivity index (χ3v) is 8.28. The first-order valence-electron chi connectivity index (χ1n) is 16.7. The lowest BCUT2D eigenvalue weighted by Crippen LogP contribution is -2.44. The topological polar surface area (TPSA) is 188 Å². The Morgan fingerprint density at radius 3 is 1.76 bits per heavy atom. The van der Waals surface area contributed by atoms with Crippen LogP contribution in [0.1, 0.15) is 70.5 Å². The first kappa shape index (κ1) is 42.3. The molecule has 13 nitrogen and oxygen atoms in total. The molecule has 0 heterocycles. The minimum atomic E-state index is -3.59. The third kappa shape index (κ3) is 16.1. The maximum atomic E-state index is 14.0. The molecule has 0 unspecified atom stereocenters. The van der Waals surface area contributed by atoms with Crippen molar-refractivity contribution in [1.82, 2.24) is 10.6 Å². The highest BCUT2D eigenvalue weighted by Crippen LogP contribution is 2.24. The summed E-state index contributed by atoms with van der Waals surface area (Å²) in [5, 5.41) is 6.21. The van der Waals surface area contributed by atoms with Crippen molar-refractivity contribution in [1.29, 1.82) is 0 Å². The van der Waals surface area contributed by atoms with Crippen LogP contribution >= 0.6 is 0 Å². The van der Waals surface area contributed by atoms with Crippen LogP contribution in [0.2, 0.25) is 0 Å². The quantitative estimate of drug-likeness (QED) is 0.141. The van der Waals surface area contributed by atoms with E-state index in [0.29, 0.717) is 5.56 Å². The van der Waals surface area contributed by atoms with E-state index in [-0.39, 0.29) is 32.7 Å². The minimum Gasteiger partial charge on any atom is -0.466 e. The summed E-state index contributed by atoms with van der Waals surface area (Å²) in [7, 11) is -3.59. The molecule has 0 bridgehead atoms. The van der Waals surface area contributed by atoms with Crippen molar-refractivity contribution in [2.24, 2.45) is 17.8 Å². The lowest BCUT2D eigenvalue weighted by Gasteiger charge is -2.26. The monoisotopic (exact) mass is 728 g/mol. The number of Topliss-reactive ketones (excluding diaryl/α,β-unsaturated/α-hetero) is 1. The van der Waals surface area contributed by atoms with Gasteiger partial charge in [-0.3, -0.25) is 28.8 Å². The van der Waals surface area contributed by atoms with E-state index in [1.165, 1.54) is 6.08 Å². The van der Waals surface area contributed by atoms with Crippen molar-refractivity contribution in [3.05, 3.63) is 83.3 Å². The normalized spacial score (nSPS) is 13.8. The fourth-order valence-electron chi connectivity index (χ4n) is 4.99. The van der Waals surface area contributed by atoms with Gasteiger partial charge in [0.05, 0.1) is 44.4 Å². The van der Waals surface area contributed by atoms with Crippen LogP contribution < -0.4 is 10.6 Å². The summed E-state index contributed by atoms with van der Waals surface area (Å²) in [4.78, 5) is 78.8. The van der Waals surface area contributed by atoms with Gasteiger partial charge in [0.2, 0.25) is 11.8 Å². The fourth-order valence-corrected chi connectivity index (χ4v) is 5.47. The van der Waals surface area contributed by atoms with E-state index in [1.807, 2.05) is 6.07 Å². The fraction of sp³-hybridized carbons (Fsp3) is 0.459. The molecular formula is C37H48N2O11S. The molecule has 0 radical (unpaired) electrons. The zero-order valence-corrected chi connectivity index (χ0v) is 30.5. The number of carbonyl (C=O) groups excluding carboxylic acids is 6. The molecule has 51 heavy (non-hydrogen) atoms. The average Bonchev–Trinajstić information content (AvgIpc) is 3.07. The van der Waals surface area contributed by atoms with Crippen molar-refractivity contribution < 1.29 is 51.4 Å². The standard InChI is InChI=1S/C37H48N2O11S/c1-6-48-32(41)20-28(21-33(42)50-24-26-14-10-8-11-15-26)36(44)39-35(27-16-12-9-13-17-27)31(40)23-30(25(3)4)37(45)38-29(18-19-51(5,46)47)22-34(43)49-7-2/h8-19,25,28-30,35H,6-7,20-24H2,1-5H3,(H,38,45)(H,39,44)/b19-18+/t28-,29-,30+,35+/m1/s1. The van der Waals surface area contributed by atoms with Crippen LogP contribution in [-0.4, -0.2) is 69.4 Å². The van der Waals surface area contributed by atoms with E-state index in [4.69, 9.17) is 14.2 Å². The van der Waals surface area contributed by atoms with Crippen LogP contribution in [0, 0.1) is 17.8 Å². The van der Waals surface area contributed by atoms with Crippen molar-refractivity contribution in [2.75, 3.05) is 19.5 Å². The Balaban J connectivity index is 2.32. The summed E-state index contributed by atoms with van der Waals surface area (Å²) in [5.41, 5.74) is 1.13.